The van der Waals surface area contributed by atoms with E-state index in [1.54, 1.807) is 24.5 Å². The third kappa shape index (κ3) is 4.37. The van der Waals surface area contributed by atoms with Crippen LogP contribution >= 0.6 is 0 Å². The first kappa shape index (κ1) is 12.6. The molecule has 0 saturated carbocycles. The maximum Gasteiger partial charge on any atom is 0.241 e. The Morgan fingerprint density at radius 2 is 2.06 bits per heavy atom. The van der Waals surface area contributed by atoms with Crippen molar-refractivity contribution < 1.29 is 4.79 Å². The average Bonchev–Trinajstić information content (AvgIpc) is 2.30. The molecule has 0 saturated heterocycles. The van der Waals surface area contributed by atoms with Crippen LogP contribution in [-0.4, -0.2) is 23.5 Å². The Morgan fingerprint density at radius 1 is 1.38 bits per heavy atom. The Hall–Kier alpha value is -1.46. The molecule has 0 aliphatic heterocycles. The van der Waals surface area contributed by atoms with Crippen molar-refractivity contribution in [1.29, 1.82) is 0 Å². The summed E-state index contributed by atoms with van der Waals surface area (Å²) in [5.41, 5.74) is 11.8. The van der Waals surface area contributed by atoms with Crippen molar-refractivity contribution in [3.63, 3.8) is 0 Å². The van der Waals surface area contributed by atoms with E-state index in [1.165, 1.54) is 0 Å². The van der Waals surface area contributed by atoms with Gasteiger partial charge in [-0.3, -0.25) is 9.78 Å². The van der Waals surface area contributed by atoms with Crippen LogP contribution in [0.5, 0.6) is 0 Å². The first-order chi connectivity index (χ1) is 7.74. The molecule has 1 amide bonds. The number of aromatic nitrogens is 1. The van der Waals surface area contributed by atoms with Gasteiger partial charge in [-0.05, 0) is 31.5 Å². The molecule has 0 radical (unpaired) electrons. The van der Waals surface area contributed by atoms with Crippen molar-refractivity contribution in [3.05, 3.63) is 24.5 Å². The van der Waals surface area contributed by atoms with Crippen LogP contribution in [0.3, 0.4) is 0 Å². The molecule has 0 aliphatic rings. The van der Waals surface area contributed by atoms with Crippen molar-refractivity contribution in [3.8, 4) is 0 Å². The second-order valence-electron chi connectivity index (χ2n) is 3.62. The highest BCUT2D eigenvalue weighted by Crippen LogP contribution is 2.05. The van der Waals surface area contributed by atoms with Gasteiger partial charge in [0.05, 0.1) is 6.04 Å². The van der Waals surface area contributed by atoms with Gasteiger partial charge < -0.3 is 16.8 Å². The van der Waals surface area contributed by atoms with E-state index in [4.69, 9.17) is 11.5 Å². The molecule has 88 valence electrons. The van der Waals surface area contributed by atoms with Gasteiger partial charge in [-0.15, -0.1) is 0 Å². The summed E-state index contributed by atoms with van der Waals surface area (Å²) in [7, 11) is 0. The van der Waals surface area contributed by atoms with Crippen LogP contribution in [0.25, 0.3) is 0 Å². The normalized spacial score (nSPS) is 12.1. The van der Waals surface area contributed by atoms with Crippen LogP contribution in [0.1, 0.15) is 19.3 Å². The van der Waals surface area contributed by atoms with Crippen molar-refractivity contribution in [2.24, 2.45) is 11.5 Å². The smallest absolute Gasteiger partial charge is 0.241 e. The zero-order valence-corrected chi connectivity index (χ0v) is 9.23. The fourth-order valence-corrected chi connectivity index (χ4v) is 1.31. The summed E-state index contributed by atoms with van der Waals surface area (Å²) in [4.78, 5) is 15.5. The van der Waals surface area contributed by atoms with Crippen LogP contribution < -0.4 is 16.8 Å². The van der Waals surface area contributed by atoms with Crippen LogP contribution in [0.15, 0.2) is 24.5 Å². The lowest BCUT2D eigenvalue weighted by Gasteiger charge is -2.11. The summed E-state index contributed by atoms with van der Waals surface area (Å²) in [5, 5.41) is 2.73. The molecule has 0 aromatic carbocycles. The molecular formula is C11H18N4O. The second-order valence-corrected chi connectivity index (χ2v) is 3.62. The van der Waals surface area contributed by atoms with E-state index < -0.39 is 6.04 Å². The number of nitrogens with two attached hydrogens (primary N) is 2. The van der Waals surface area contributed by atoms with Gasteiger partial charge in [0.25, 0.3) is 0 Å². The summed E-state index contributed by atoms with van der Waals surface area (Å²) in [6, 6.07) is 2.98. The lowest BCUT2D eigenvalue weighted by molar-refractivity contribution is -0.117. The zero-order valence-electron chi connectivity index (χ0n) is 9.23. The van der Waals surface area contributed by atoms with Crippen LogP contribution in [0.2, 0.25) is 0 Å². The fourth-order valence-electron chi connectivity index (χ4n) is 1.31. The Kier molecular flexibility index (Phi) is 5.45. The predicted octanol–water partition coefficient (Wildman–Crippen LogP) is 0.476. The van der Waals surface area contributed by atoms with E-state index in [2.05, 4.69) is 10.3 Å². The van der Waals surface area contributed by atoms with Crippen molar-refractivity contribution in [2.45, 2.75) is 25.3 Å². The maximum atomic E-state index is 11.6. The Balaban J connectivity index is 2.34. The van der Waals surface area contributed by atoms with Gasteiger partial charge in [0.15, 0.2) is 0 Å². The quantitative estimate of drug-likeness (QED) is 0.610. The van der Waals surface area contributed by atoms with E-state index in [1.807, 2.05) is 0 Å². The molecule has 0 fully saturated rings. The number of anilines is 1. The second kappa shape index (κ2) is 6.92. The van der Waals surface area contributed by atoms with Crippen LogP contribution in [0.4, 0.5) is 5.69 Å². The standard InChI is InChI=1S/C11H18N4O/c12-6-2-1-3-10(13)11(16)15-9-4-7-14-8-5-9/h4-5,7-8,10H,1-3,6,12-13H2,(H,14,15,16). The molecule has 1 rings (SSSR count). The Morgan fingerprint density at radius 3 is 2.69 bits per heavy atom. The molecule has 1 aromatic rings. The predicted molar refractivity (Wildman–Crippen MR) is 63.7 cm³/mol. The number of amides is 1. The fraction of sp³-hybridized carbons (Fsp3) is 0.455. The Bertz CT molecular complexity index is 315. The summed E-state index contributed by atoms with van der Waals surface area (Å²) >= 11 is 0. The molecule has 0 spiro atoms. The van der Waals surface area contributed by atoms with Gasteiger partial charge in [-0.2, -0.15) is 0 Å². The van der Waals surface area contributed by atoms with Gasteiger partial charge in [-0.1, -0.05) is 6.42 Å². The summed E-state index contributed by atoms with van der Waals surface area (Å²) in [5.74, 6) is -0.164. The highest BCUT2D eigenvalue weighted by molar-refractivity contribution is 5.94. The molecule has 5 heteroatoms. The number of hydrogen-bond donors (Lipinski definition) is 3. The third-order valence-electron chi connectivity index (χ3n) is 2.25. The summed E-state index contributed by atoms with van der Waals surface area (Å²) < 4.78 is 0. The van der Waals surface area contributed by atoms with Crippen LogP contribution in [0, 0.1) is 0 Å². The molecule has 0 bridgehead atoms. The number of carbonyl (C=O) groups is 1. The number of pyridine rings is 1. The largest absolute Gasteiger partial charge is 0.330 e. The molecular weight excluding hydrogens is 204 g/mol. The minimum atomic E-state index is -0.472. The minimum Gasteiger partial charge on any atom is -0.330 e. The number of nitrogens with one attached hydrogen (secondary N) is 1. The number of carbonyl (C=O) groups excluding carboxylic acids is 1. The summed E-state index contributed by atoms with van der Waals surface area (Å²) in [6.07, 6.45) is 5.68. The van der Waals surface area contributed by atoms with Gasteiger partial charge in [0, 0.05) is 18.1 Å². The molecule has 5 nitrogen and oxygen atoms in total. The molecule has 5 N–H and O–H groups in total. The molecule has 1 aromatic heterocycles. The summed E-state index contributed by atoms with van der Waals surface area (Å²) in [6.45, 7) is 0.638. The number of hydrogen-bond acceptors (Lipinski definition) is 4. The topological polar surface area (TPSA) is 94.0 Å². The highest BCUT2D eigenvalue weighted by atomic mass is 16.2. The van der Waals surface area contributed by atoms with Gasteiger partial charge in [0.2, 0.25) is 5.91 Å². The first-order valence-electron chi connectivity index (χ1n) is 5.40. The molecule has 1 heterocycles. The first-order valence-corrected chi connectivity index (χ1v) is 5.40. The molecule has 16 heavy (non-hydrogen) atoms. The van der Waals surface area contributed by atoms with Crippen molar-refractivity contribution in [2.75, 3.05) is 11.9 Å². The zero-order chi connectivity index (χ0) is 11.8. The Labute approximate surface area is 95.2 Å². The third-order valence-corrected chi connectivity index (χ3v) is 2.25. The van der Waals surface area contributed by atoms with Crippen molar-refractivity contribution >= 4 is 11.6 Å². The maximum absolute atomic E-state index is 11.6. The SMILES string of the molecule is NCCCCC(N)C(=O)Nc1ccncc1. The van der Waals surface area contributed by atoms with E-state index in [9.17, 15) is 4.79 Å². The van der Waals surface area contributed by atoms with Crippen molar-refractivity contribution in [1.82, 2.24) is 4.98 Å². The number of unbranched alkanes of at least 4 members (excludes halogenated alkanes) is 1. The molecule has 1 atom stereocenters. The molecule has 0 aliphatic carbocycles. The van der Waals surface area contributed by atoms with Gasteiger partial charge >= 0.3 is 0 Å². The van der Waals surface area contributed by atoms with E-state index in [-0.39, 0.29) is 5.91 Å². The lowest BCUT2D eigenvalue weighted by atomic mass is 10.1. The van der Waals surface area contributed by atoms with Gasteiger partial charge in [0.1, 0.15) is 0 Å². The lowest BCUT2D eigenvalue weighted by Crippen LogP contribution is -2.35. The van der Waals surface area contributed by atoms with Gasteiger partial charge in [-0.25, -0.2) is 0 Å². The highest BCUT2D eigenvalue weighted by Gasteiger charge is 2.12. The molecule has 1 unspecified atom stereocenters. The average molecular weight is 222 g/mol. The van der Waals surface area contributed by atoms with Crippen LogP contribution in [-0.2, 0) is 4.79 Å². The number of rotatable bonds is 6. The van der Waals surface area contributed by atoms with E-state index in [0.717, 1.165) is 12.8 Å². The van der Waals surface area contributed by atoms with E-state index in [0.29, 0.717) is 18.7 Å². The monoisotopic (exact) mass is 222 g/mol. The van der Waals surface area contributed by atoms with E-state index >= 15 is 0 Å². The minimum absolute atomic E-state index is 0.164. The number of nitrogens with zero attached hydrogens (tertiary/aromatic N) is 1.